The standard InChI is InChI=1S/C11H12O/c1-8(12)10-7-6-9-4-2-3-5-11(9)10/h2-7,9,11-12H,1H3/b10-8-/t9-,11-/m1/s1. The second kappa shape index (κ2) is 2.67. The second-order valence-electron chi connectivity index (χ2n) is 3.27. The molecule has 12 heavy (non-hydrogen) atoms. The van der Waals surface area contributed by atoms with Crippen LogP contribution in [0.2, 0.25) is 0 Å². The molecule has 62 valence electrons. The largest absolute Gasteiger partial charge is 0.512 e. The van der Waals surface area contributed by atoms with Crippen LogP contribution in [0.4, 0.5) is 0 Å². The zero-order chi connectivity index (χ0) is 8.55. The molecule has 0 bridgehead atoms. The van der Waals surface area contributed by atoms with Crippen molar-refractivity contribution in [3.63, 3.8) is 0 Å². The Balaban J connectivity index is 2.36. The number of hydrogen-bond donors (Lipinski definition) is 1. The average Bonchev–Trinajstić information content (AvgIpc) is 2.47. The summed E-state index contributed by atoms with van der Waals surface area (Å²) in [6.07, 6.45) is 12.6. The van der Waals surface area contributed by atoms with Gasteiger partial charge < -0.3 is 5.11 Å². The van der Waals surface area contributed by atoms with Gasteiger partial charge in [-0.25, -0.2) is 0 Å². The first-order chi connectivity index (χ1) is 5.79. The highest BCUT2D eigenvalue weighted by molar-refractivity contribution is 5.40. The van der Waals surface area contributed by atoms with E-state index in [1.807, 2.05) is 12.2 Å². The number of aliphatic hydroxyl groups excluding tert-OH is 1. The van der Waals surface area contributed by atoms with Crippen LogP contribution in [0.3, 0.4) is 0 Å². The van der Waals surface area contributed by atoms with E-state index < -0.39 is 0 Å². The molecule has 1 nitrogen and oxygen atoms in total. The van der Waals surface area contributed by atoms with Crippen LogP contribution in [0.5, 0.6) is 0 Å². The van der Waals surface area contributed by atoms with Gasteiger partial charge >= 0.3 is 0 Å². The second-order valence-corrected chi connectivity index (χ2v) is 3.27. The third-order valence-electron chi connectivity index (χ3n) is 2.45. The summed E-state index contributed by atoms with van der Waals surface area (Å²) >= 11 is 0. The van der Waals surface area contributed by atoms with Gasteiger partial charge in [-0.05, 0) is 12.5 Å². The van der Waals surface area contributed by atoms with Crippen molar-refractivity contribution in [2.45, 2.75) is 6.92 Å². The Bertz CT molecular complexity index is 301. The molecule has 2 aliphatic rings. The molecule has 0 heterocycles. The monoisotopic (exact) mass is 160 g/mol. The topological polar surface area (TPSA) is 20.2 Å². The van der Waals surface area contributed by atoms with Gasteiger partial charge in [0.1, 0.15) is 0 Å². The molecule has 0 spiro atoms. The zero-order valence-electron chi connectivity index (χ0n) is 7.07. The molecule has 0 unspecified atom stereocenters. The van der Waals surface area contributed by atoms with Crippen LogP contribution >= 0.6 is 0 Å². The third kappa shape index (κ3) is 1.02. The first-order valence-corrected chi connectivity index (χ1v) is 4.22. The van der Waals surface area contributed by atoms with Crippen LogP contribution in [0, 0.1) is 11.8 Å². The van der Waals surface area contributed by atoms with E-state index in [4.69, 9.17) is 0 Å². The van der Waals surface area contributed by atoms with Gasteiger partial charge in [0, 0.05) is 11.8 Å². The highest BCUT2D eigenvalue weighted by Crippen LogP contribution is 2.35. The molecule has 0 aromatic rings. The first-order valence-electron chi connectivity index (χ1n) is 4.22. The van der Waals surface area contributed by atoms with Crippen molar-refractivity contribution in [3.8, 4) is 0 Å². The lowest BCUT2D eigenvalue weighted by molar-refractivity contribution is 0.401. The van der Waals surface area contributed by atoms with E-state index in [2.05, 4.69) is 24.3 Å². The van der Waals surface area contributed by atoms with Gasteiger partial charge in [0.2, 0.25) is 0 Å². The minimum Gasteiger partial charge on any atom is -0.512 e. The summed E-state index contributed by atoms with van der Waals surface area (Å²) < 4.78 is 0. The first kappa shape index (κ1) is 7.41. The molecular weight excluding hydrogens is 148 g/mol. The van der Waals surface area contributed by atoms with E-state index in [-0.39, 0.29) is 0 Å². The highest BCUT2D eigenvalue weighted by atomic mass is 16.3. The van der Waals surface area contributed by atoms with Crippen LogP contribution < -0.4 is 0 Å². The molecule has 0 saturated heterocycles. The number of rotatable bonds is 0. The van der Waals surface area contributed by atoms with Crippen molar-refractivity contribution in [2.75, 3.05) is 0 Å². The van der Waals surface area contributed by atoms with Crippen LogP contribution in [0.25, 0.3) is 0 Å². The maximum absolute atomic E-state index is 9.36. The SMILES string of the molecule is C/C(O)=C1\C=C[C@H]2C=CC=C[C@@H]12. The summed E-state index contributed by atoms with van der Waals surface area (Å²) in [6.45, 7) is 1.74. The van der Waals surface area contributed by atoms with Crippen LogP contribution in [0.1, 0.15) is 6.92 Å². The highest BCUT2D eigenvalue weighted by Gasteiger charge is 2.25. The van der Waals surface area contributed by atoms with Crippen molar-refractivity contribution in [3.05, 3.63) is 47.8 Å². The van der Waals surface area contributed by atoms with E-state index in [1.54, 1.807) is 6.92 Å². The minimum atomic E-state index is 0.375. The van der Waals surface area contributed by atoms with E-state index in [0.29, 0.717) is 17.6 Å². The molecule has 0 aromatic heterocycles. The number of hydrogen-bond acceptors (Lipinski definition) is 1. The van der Waals surface area contributed by atoms with Crippen LogP contribution in [0.15, 0.2) is 47.8 Å². The van der Waals surface area contributed by atoms with Gasteiger partial charge in [0.05, 0.1) is 5.76 Å². The lowest BCUT2D eigenvalue weighted by Gasteiger charge is -2.16. The Morgan fingerprint density at radius 2 is 2.00 bits per heavy atom. The molecule has 0 radical (unpaired) electrons. The van der Waals surface area contributed by atoms with Crippen molar-refractivity contribution in [1.29, 1.82) is 0 Å². The van der Waals surface area contributed by atoms with E-state index in [1.165, 1.54) is 0 Å². The molecule has 2 aliphatic carbocycles. The van der Waals surface area contributed by atoms with Gasteiger partial charge in [-0.2, -0.15) is 0 Å². The Kier molecular flexibility index (Phi) is 1.65. The maximum Gasteiger partial charge on any atom is 0.0929 e. The van der Waals surface area contributed by atoms with Crippen molar-refractivity contribution < 1.29 is 5.11 Å². The molecular formula is C11H12O. The smallest absolute Gasteiger partial charge is 0.0929 e. The molecule has 0 aliphatic heterocycles. The molecule has 0 saturated carbocycles. The van der Waals surface area contributed by atoms with Gasteiger partial charge in [0.15, 0.2) is 0 Å². The summed E-state index contributed by atoms with van der Waals surface area (Å²) in [7, 11) is 0. The molecule has 1 N–H and O–H groups in total. The van der Waals surface area contributed by atoms with Gasteiger partial charge in [-0.3, -0.25) is 0 Å². The predicted molar refractivity (Wildman–Crippen MR) is 49.7 cm³/mol. The number of fused-ring (bicyclic) bond motifs is 1. The summed E-state index contributed by atoms with van der Waals surface area (Å²) in [6, 6.07) is 0. The molecule has 2 rings (SSSR count). The van der Waals surface area contributed by atoms with E-state index in [9.17, 15) is 5.11 Å². The van der Waals surface area contributed by atoms with Crippen molar-refractivity contribution in [2.24, 2.45) is 11.8 Å². The number of allylic oxidation sites excluding steroid dienone is 8. The summed E-state index contributed by atoms with van der Waals surface area (Å²) in [5.41, 5.74) is 1.06. The zero-order valence-corrected chi connectivity index (χ0v) is 7.07. The predicted octanol–water partition coefficient (Wildman–Crippen LogP) is 2.75. The summed E-state index contributed by atoms with van der Waals surface area (Å²) in [5, 5.41) is 9.36. The van der Waals surface area contributed by atoms with Gasteiger partial charge in [0.25, 0.3) is 0 Å². The molecule has 1 heteroatoms. The van der Waals surface area contributed by atoms with Gasteiger partial charge in [-0.1, -0.05) is 36.5 Å². The fraction of sp³-hybridized carbons (Fsp3) is 0.273. The molecule has 0 fully saturated rings. The van der Waals surface area contributed by atoms with E-state index in [0.717, 1.165) is 5.57 Å². The average molecular weight is 160 g/mol. The Labute approximate surface area is 72.4 Å². The van der Waals surface area contributed by atoms with Crippen LogP contribution in [-0.2, 0) is 0 Å². The fourth-order valence-electron chi connectivity index (χ4n) is 1.81. The van der Waals surface area contributed by atoms with Crippen molar-refractivity contribution >= 4 is 0 Å². The van der Waals surface area contributed by atoms with Crippen LogP contribution in [-0.4, -0.2) is 5.11 Å². The minimum absolute atomic E-state index is 0.375. The van der Waals surface area contributed by atoms with Crippen molar-refractivity contribution in [1.82, 2.24) is 0 Å². The summed E-state index contributed by atoms with van der Waals surface area (Å²) in [5.74, 6) is 1.28. The Hall–Kier alpha value is -1.24. The Morgan fingerprint density at radius 3 is 2.75 bits per heavy atom. The third-order valence-corrected chi connectivity index (χ3v) is 2.45. The fourth-order valence-corrected chi connectivity index (χ4v) is 1.81. The lowest BCUT2D eigenvalue weighted by atomic mass is 9.88. The number of aliphatic hydroxyl groups is 1. The lowest BCUT2D eigenvalue weighted by Crippen LogP contribution is -2.07. The normalized spacial score (nSPS) is 35.4. The molecule has 0 aromatic carbocycles. The quantitative estimate of drug-likeness (QED) is 0.540. The van der Waals surface area contributed by atoms with E-state index >= 15 is 0 Å². The molecule has 0 amide bonds. The molecule has 2 atom stereocenters. The van der Waals surface area contributed by atoms with Gasteiger partial charge in [-0.15, -0.1) is 0 Å². The summed E-state index contributed by atoms with van der Waals surface area (Å²) in [4.78, 5) is 0. The maximum atomic E-state index is 9.36. The Morgan fingerprint density at radius 1 is 1.25 bits per heavy atom.